The molecule has 0 aromatic rings. The van der Waals surface area contributed by atoms with Gasteiger partial charge in [0.2, 0.25) is 0 Å². The van der Waals surface area contributed by atoms with Crippen molar-refractivity contribution in [1.29, 1.82) is 0 Å². The summed E-state index contributed by atoms with van der Waals surface area (Å²) in [6, 6.07) is 0.827. The first-order valence-corrected chi connectivity index (χ1v) is 6.14. The molecule has 0 bridgehead atoms. The molecule has 0 spiro atoms. The van der Waals surface area contributed by atoms with Crippen LogP contribution < -0.4 is 5.73 Å². The van der Waals surface area contributed by atoms with Crippen molar-refractivity contribution in [2.24, 2.45) is 5.73 Å². The Morgan fingerprint density at radius 2 is 2.13 bits per heavy atom. The van der Waals surface area contributed by atoms with Gasteiger partial charge in [-0.05, 0) is 19.4 Å². The van der Waals surface area contributed by atoms with Gasteiger partial charge in [0.15, 0.2) is 0 Å². The highest BCUT2D eigenvalue weighted by Crippen LogP contribution is 2.20. The van der Waals surface area contributed by atoms with E-state index < -0.39 is 0 Å². The summed E-state index contributed by atoms with van der Waals surface area (Å²) >= 11 is 0. The summed E-state index contributed by atoms with van der Waals surface area (Å²) in [5, 5.41) is 0. The summed E-state index contributed by atoms with van der Waals surface area (Å²) in [5.41, 5.74) is 5.37. The first-order chi connectivity index (χ1) is 7.40. The molecular weight excluding hydrogens is 190 g/mol. The van der Waals surface area contributed by atoms with Gasteiger partial charge in [-0.15, -0.1) is 0 Å². The van der Waals surface area contributed by atoms with Crippen molar-refractivity contribution in [3.05, 3.63) is 0 Å². The standard InChI is InChI=1S/C11H23N3O/c12-3-8-15-9-7-13-5-6-14-4-1-2-11(14)10-13/h11H,1-10,12H2. The van der Waals surface area contributed by atoms with Crippen LogP contribution in [0.15, 0.2) is 0 Å². The molecule has 1 unspecified atom stereocenters. The lowest BCUT2D eigenvalue weighted by atomic mass is 10.1. The zero-order valence-corrected chi connectivity index (χ0v) is 9.53. The van der Waals surface area contributed by atoms with Gasteiger partial charge in [0, 0.05) is 38.8 Å². The van der Waals surface area contributed by atoms with Crippen LogP contribution >= 0.6 is 0 Å². The first kappa shape index (κ1) is 11.3. The van der Waals surface area contributed by atoms with E-state index in [0.29, 0.717) is 13.2 Å². The van der Waals surface area contributed by atoms with Gasteiger partial charge in [-0.3, -0.25) is 9.80 Å². The Bertz CT molecular complexity index is 189. The second kappa shape index (κ2) is 5.80. The van der Waals surface area contributed by atoms with Crippen LogP contribution in [0.5, 0.6) is 0 Å². The fourth-order valence-electron chi connectivity index (χ4n) is 2.64. The summed E-state index contributed by atoms with van der Waals surface area (Å²) in [6.45, 7) is 8.27. The molecule has 2 aliphatic rings. The van der Waals surface area contributed by atoms with Gasteiger partial charge in [-0.2, -0.15) is 0 Å². The van der Waals surface area contributed by atoms with Crippen LogP contribution in [0.2, 0.25) is 0 Å². The fraction of sp³-hybridized carbons (Fsp3) is 1.00. The highest BCUT2D eigenvalue weighted by atomic mass is 16.5. The molecule has 4 nitrogen and oxygen atoms in total. The van der Waals surface area contributed by atoms with E-state index in [2.05, 4.69) is 9.80 Å². The number of ether oxygens (including phenoxy) is 1. The molecule has 0 saturated carbocycles. The monoisotopic (exact) mass is 213 g/mol. The molecule has 2 rings (SSSR count). The lowest BCUT2D eigenvalue weighted by Gasteiger charge is -2.37. The van der Waals surface area contributed by atoms with Crippen molar-refractivity contribution >= 4 is 0 Å². The highest BCUT2D eigenvalue weighted by Gasteiger charge is 2.29. The maximum Gasteiger partial charge on any atom is 0.0594 e. The molecule has 0 aromatic carbocycles. The third-order valence-corrected chi connectivity index (χ3v) is 3.49. The highest BCUT2D eigenvalue weighted by molar-refractivity contribution is 4.86. The zero-order valence-electron chi connectivity index (χ0n) is 9.53. The minimum atomic E-state index is 0.635. The summed E-state index contributed by atoms with van der Waals surface area (Å²) in [7, 11) is 0. The number of fused-ring (bicyclic) bond motifs is 1. The summed E-state index contributed by atoms with van der Waals surface area (Å²) < 4.78 is 5.42. The third-order valence-electron chi connectivity index (χ3n) is 3.49. The minimum absolute atomic E-state index is 0.635. The molecule has 15 heavy (non-hydrogen) atoms. The molecule has 0 aromatic heterocycles. The van der Waals surface area contributed by atoms with E-state index in [4.69, 9.17) is 10.5 Å². The zero-order chi connectivity index (χ0) is 10.5. The van der Waals surface area contributed by atoms with E-state index >= 15 is 0 Å². The van der Waals surface area contributed by atoms with Crippen molar-refractivity contribution in [2.75, 3.05) is 52.5 Å². The van der Waals surface area contributed by atoms with Gasteiger partial charge in [0.1, 0.15) is 0 Å². The summed E-state index contributed by atoms with van der Waals surface area (Å²) in [5.74, 6) is 0. The SMILES string of the molecule is NCCOCCN1CCN2CCCC2C1. The molecule has 0 radical (unpaired) electrons. The molecule has 4 heteroatoms. The Morgan fingerprint density at radius 3 is 3.00 bits per heavy atom. The summed E-state index contributed by atoms with van der Waals surface area (Å²) in [6.07, 6.45) is 2.78. The van der Waals surface area contributed by atoms with Crippen LogP contribution in [0.25, 0.3) is 0 Å². The van der Waals surface area contributed by atoms with Gasteiger partial charge in [0.25, 0.3) is 0 Å². The largest absolute Gasteiger partial charge is 0.379 e. The van der Waals surface area contributed by atoms with Crippen LogP contribution in [-0.4, -0.2) is 68.3 Å². The van der Waals surface area contributed by atoms with E-state index in [9.17, 15) is 0 Å². The summed E-state index contributed by atoms with van der Waals surface area (Å²) in [4.78, 5) is 5.17. The van der Waals surface area contributed by atoms with E-state index in [0.717, 1.165) is 19.2 Å². The molecule has 2 fully saturated rings. The third kappa shape index (κ3) is 3.14. The number of hydrogen-bond acceptors (Lipinski definition) is 4. The number of piperazine rings is 1. The predicted octanol–water partition coefficient (Wildman–Crippen LogP) is -0.258. The quantitative estimate of drug-likeness (QED) is 0.639. The van der Waals surface area contributed by atoms with Gasteiger partial charge >= 0.3 is 0 Å². The second-order valence-corrected chi connectivity index (χ2v) is 4.53. The average molecular weight is 213 g/mol. The predicted molar refractivity (Wildman–Crippen MR) is 60.9 cm³/mol. The van der Waals surface area contributed by atoms with Crippen molar-refractivity contribution in [1.82, 2.24) is 9.80 Å². The molecular formula is C11H23N3O. The topological polar surface area (TPSA) is 41.7 Å². The van der Waals surface area contributed by atoms with Crippen molar-refractivity contribution in [3.8, 4) is 0 Å². The Morgan fingerprint density at radius 1 is 1.20 bits per heavy atom. The lowest BCUT2D eigenvalue weighted by molar-refractivity contribution is 0.0642. The van der Waals surface area contributed by atoms with Crippen LogP contribution in [0.1, 0.15) is 12.8 Å². The average Bonchev–Trinajstić information content (AvgIpc) is 2.71. The maximum atomic E-state index is 5.42. The van der Waals surface area contributed by atoms with Gasteiger partial charge in [0.05, 0.1) is 13.2 Å². The van der Waals surface area contributed by atoms with E-state index in [1.54, 1.807) is 0 Å². The van der Waals surface area contributed by atoms with Crippen LogP contribution in [0.4, 0.5) is 0 Å². The molecule has 0 amide bonds. The van der Waals surface area contributed by atoms with Gasteiger partial charge in [-0.25, -0.2) is 0 Å². The van der Waals surface area contributed by atoms with Crippen molar-refractivity contribution in [3.63, 3.8) is 0 Å². The van der Waals surface area contributed by atoms with Crippen molar-refractivity contribution < 1.29 is 4.74 Å². The molecule has 0 aliphatic carbocycles. The molecule has 2 saturated heterocycles. The molecule has 1 atom stereocenters. The van der Waals surface area contributed by atoms with Gasteiger partial charge in [-0.1, -0.05) is 0 Å². The maximum absolute atomic E-state index is 5.42. The molecule has 88 valence electrons. The van der Waals surface area contributed by atoms with Crippen molar-refractivity contribution in [2.45, 2.75) is 18.9 Å². The first-order valence-electron chi connectivity index (χ1n) is 6.14. The van der Waals surface area contributed by atoms with Crippen LogP contribution in [0, 0.1) is 0 Å². The van der Waals surface area contributed by atoms with E-state index in [1.165, 1.54) is 39.0 Å². The molecule has 2 aliphatic heterocycles. The number of rotatable bonds is 5. The normalized spacial score (nSPS) is 28.2. The Kier molecular flexibility index (Phi) is 4.38. The lowest BCUT2D eigenvalue weighted by Crippen LogP contribution is -2.50. The smallest absolute Gasteiger partial charge is 0.0594 e. The van der Waals surface area contributed by atoms with E-state index in [1.807, 2.05) is 0 Å². The Balaban J connectivity index is 1.62. The fourth-order valence-corrected chi connectivity index (χ4v) is 2.64. The number of nitrogens with zero attached hydrogens (tertiary/aromatic N) is 2. The van der Waals surface area contributed by atoms with Gasteiger partial charge < -0.3 is 10.5 Å². The Hall–Kier alpha value is -0.160. The number of hydrogen-bond donors (Lipinski definition) is 1. The molecule has 2 N–H and O–H groups in total. The van der Waals surface area contributed by atoms with Crippen LogP contribution in [0.3, 0.4) is 0 Å². The van der Waals surface area contributed by atoms with E-state index in [-0.39, 0.29) is 0 Å². The second-order valence-electron chi connectivity index (χ2n) is 4.53. The minimum Gasteiger partial charge on any atom is -0.379 e. The molecule has 2 heterocycles. The van der Waals surface area contributed by atoms with Crippen LogP contribution in [-0.2, 0) is 4.74 Å². The Labute approximate surface area is 92.4 Å². The number of nitrogens with two attached hydrogens (primary N) is 1.